The molecule has 7 nitrogen and oxygen atoms in total. The number of carbonyl (C=O) groups excluding carboxylic acids is 2. The van der Waals surface area contributed by atoms with Gasteiger partial charge in [-0.2, -0.15) is 0 Å². The number of thiophene rings is 1. The molecule has 184 valence electrons. The maximum atomic E-state index is 13.1. The van der Waals surface area contributed by atoms with E-state index in [2.05, 4.69) is 15.6 Å². The predicted octanol–water partition coefficient (Wildman–Crippen LogP) is 5.22. The minimum Gasteiger partial charge on any atom is -0.481 e. The van der Waals surface area contributed by atoms with E-state index in [1.165, 1.54) is 17.5 Å². The van der Waals surface area contributed by atoms with E-state index < -0.39 is 29.4 Å². The molecule has 0 fully saturated rings. The molecule has 2 amide bonds. The van der Waals surface area contributed by atoms with Gasteiger partial charge in [0.15, 0.2) is 0 Å². The first kappa shape index (κ1) is 26.7. The quantitative estimate of drug-likeness (QED) is 0.331. The SMILES string of the molecule is CC(C)(Cc1ccc(Cl)cc1)NC(=O)[C@H](CCC(=O)O)NC(=O)c1ccc(-c2ccc(Cl)s2)nc1. The van der Waals surface area contributed by atoms with Gasteiger partial charge >= 0.3 is 5.97 Å². The van der Waals surface area contributed by atoms with Crippen molar-refractivity contribution < 1.29 is 19.5 Å². The third-order valence-electron chi connectivity index (χ3n) is 5.14. The van der Waals surface area contributed by atoms with Crippen molar-refractivity contribution >= 4 is 52.3 Å². The Morgan fingerprint density at radius 3 is 2.34 bits per heavy atom. The molecule has 10 heteroatoms. The van der Waals surface area contributed by atoms with Crippen LogP contribution in [0.25, 0.3) is 10.6 Å². The number of benzene rings is 1. The second kappa shape index (κ2) is 11.7. The predicted molar refractivity (Wildman–Crippen MR) is 138 cm³/mol. The van der Waals surface area contributed by atoms with Crippen LogP contribution in [0.1, 0.15) is 42.6 Å². The van der Waals surface area contributed by atoms with E-state index in [4.69, 9.17) is 28.3 Å². The van der Waals surface area contributed by atoms with Crippen molar-refractivity contribution in [3.05, 3.63) is 75.2 Å². The third-order valence-corrected chi connectivity index (χ3v) is 6.65. The minimum absolute atomic E-state index is 0.0524. The fourth-order valence-electron chi connectivity index (χ4n) is 3.48. The zero-order valence-corrected chi connectivity index (χ0v) is 21.5. The summed E-state index contributed by atoms with van der Waals surface area (Å²) >= 11 is 13.3. The molecule has 35 heavy (non-hydrogen) atoms. The summed E-state index contributed by atoms with van der Waals surface area (Å²) in [5, 5.41) is 15.3. The van der Waals surface area contributed by atoms with Crippen LogP contribution in [0.4, 0.5) is 0 Å². The number of pyridine rings is 1. The Hall–Kier alpha value is -2.94. The Bertz CT molecular complexity index is 1190. The molecule has 0 saturated heterocycles. The van der Waals surface area contributed by atoms with Gasteiger partial charge in [-0.15, -0.1) is 11.3 Å². The van der Waals surface area contributed by atoms with Gasteiger partial charge in [-0.3, -0.25) is 19.4 Å². The number of halogens is 2. The van der Waals surface area contributed by atoms with Crippen LogP contribution in [0.15, 0.2) is 54.7 Å². The average Bonchev–Trinajstić information content (AvgIpc) is 3.23. The molecule has 0 aliphatic rings. The number of aliphatic carboxylic acids is 1. The first-order chi connectivity index (χ1) is 16.5. The fourth-order valence-corrected chi connectivity index (χ4v) is 4.63. The largest absolute Gasteiger partial charge is 0.481 e. The summed E-state index contributed by atoms with van der Waals surface area (Å²) in [4.78, 5) is 42.2. The maximum absolute atomic E-state index is 13.1. The van der Waals surface area contributed by atoms with Crippen molar-refractivity contribution in [1.82, 2.24) is 15.6 Å². The molecule has 0 saturated carbocycles. The monoisotopic (exact) mass is 533 g/mol. The molecule has 3 rings (SSSR count). The zero-order valence-electron chi connectivity index (χ0n) is 19.2. The summed E-state index contributed by atoms with van der Waals surface area (Å²) in [7, 11) is 0. The van der Waals surface area contributed by atoms with Crippen molar-refractivity contribution in [3.63, 3.8) is 0 Å². The first-order valence-electron chi connectivity index (χ1n) is 10.8. The van der Waals surface area contributed by atoms with Crippen LogP contribution in [0.5, 0.6) is 0 Å². The third kappa shape index (κ3) is 8.06. The van der Waals surface area contributed by atoms with Gasteiger partial charge in [0.1, 0.15) is 6.04 Å². The molecule has 0 radical (unpaired) electrons. The van der Waals surface area contributed by atoms with Gasteiger partial charge in [-0.25, -0.2) is 0 Å². The molecule has 0 spiro atoms. The Kier molecular flexibility index (Phi) is 8.88. The summed E-state index contributed by atoms with van der Waals surface area (Å²) in [6.07, 6.45) is 1.61. The van der Waals surface area contributed by atoms with E-state index >= 15 is 0 Å². The van der Waals surface area contributed by atoms with Gasteiger partial charge in [-0.05, 0) is 68.7 Å². The lowest BCUT2D eigenvalue weighted by molar-refractivity contribution is -0.137. The molecule has 0 aliphatic heterocycles. The van der Waals surface area contributed by atoms with Gasteiger partial charge in [0, 0.05) is 23.2 Å². The van der Waals surface area contributed by atoms with Crippen molar-refractivity contribution in [2.24, 2.45) is 0 Å². The number of rotatable bonds is 10. The van der Waals surface area contributed by atoms with Crippen LogP contribution in [0, 0.1) is 0 Å². The van der Waals surface area contributed by atoms with Gasteiger partial charge < -0.3 is 15.7 Å². The van der Waals surface area contributed by atoms with Crippen LogP contribution < -0.4 is 10.6 Å². The molecule has 1 aromatic carbocycles. The summed E-state index contributed by atoms with van der Waals surface area (Å²) in [5.41, 5.74) is 1.25. The highest BCUT2D eigenvalue weighted by molar-refractivity contribution is 7.19. The highest BCUT2D eigenvalue weighted by Crippen LogP contribution is 2.29. The van der Waals surface area contributed by atoms with E-state index in [-0.39, 0.29) is 18.4 Å². The second-order valence-corrected chi connectivity index (χ2v) is 10.8. The first-order valence-corrected chi connectivity index (χ1v) is 12.4. The highest BCUT2D eigenvalue weighted by atomic mass is 35.5. The number of carbonyl (C=O) groups is 3. The van der Waals surface area contributed by atoms with Crippen LogP contribution in [0.2, 0.25) is 9.36 Å². The van der Waals surface area contributed by atoms with Gasteiger partial charge in [-0.1, -0.05) is 35.3 Å². The minimum atomic E-state index is -1.06. The maximum Gasteiger partial charge on any atom is 0.303 e. The normalized spacial score (nSPS) is 12.1. The summed E-state index contributed by atoms with van der Waals surface area (Å²) in [5.74, 6) is -2.04. The molecule has 2 aromatic heterocycles. The molecule has 0 unspecified atom stereocenters. The van der Waals surface area contributed by atoms with E-state index in [1.54, 1.807) is 30.3 Å². The highest BCUT2D eigenvalue weighted by Gasteiger charge is 2.28. The molecule has 2 heterocycles. The zero-order chi connectivity index (χ0) is 25.6. The number of hydrogen-bond acceptors (Lipinski definition) is 5. The summed E-state index contributed by atoms with van der Waals surface area (Å²) < 4.78 is 0.634. The van der Waals surface area contributed by atoms with E-state index in [0.717, 1.165) is 10.4 Å². The lowest BCUT2D eigenvalue weighted by Gasteiger charge is -2.29. The molecule has 3 N–H and O–H groups in total. The lowest BCUT2D eigenvalue weighted by Crippen LogP contribution is -2.54. The molecule has 0 aliphatic carbocycles. The molecular weight excluding hydrogens is 509 g/mol. The second-order valence-electron chi connectivity index (χ2n) is 8.67. The number of nitrogens with one attached hydrogen (secondary N) is 2. The van der Waals surface area contributed by atoms with Crippen LogP contribution in [-0.2, 0) is 16.0 Å². The Balaban J connectivity index is 1.68. The Labute approximate surface area is 217 Å². The molecule has 0 bridgehead atoms. The van der Waals surface area contributed by atoms with Crippen LogP contribution in [0.3, 0.4) is 0 Å². The molecule has 1 atom stereocenters. The van der Waals surface area contributed by atoms with Crippen molar-refractivity contribution in [2.75, 3.05) is 0 Å². The van der Waals surface area contributed by atoms with E-state index in [1.807, 2.05) is 32.0 Å². The Morgan fingerprint density at radius 1 is 1.06 bits per heavy atom. The summed E-state index contributed by atoms with van der Waals surface area (Å²) in [6, 6.07) is 13.2. The number of carboxylic acids is 1. The summed E-state index contributed by atoms with van der Waals surface area (Å²) in [6.45, 7) is 3.71. The standard InChI is InChI=1S/C25H25Cl2N3O4S/c1-25(2,13-15-3-6-17(26)7-4-15)30-24(34)19(9-12-22(31)32)29-23(33)16-5-8-18(28-14-16)20-10-11-21(27)35-20/h3-8,10-11,14,19H,9,12-13H2,1-2H3,(H,29,33)(H,30,34)(H,31,32)/t19-/m0/s1. The van der Waals surface area contributed by atoms with Gasteiger partial charge in [0.25, 0.3) is 5.91 Å². The topological polar surface area (TPSA) is 108 Å². The van der Waals surface area contributed by atoms with E-state index in [0.29, 0.717) is 21.5 Å². The lowest BCUT2D eigenvalue weighted by atomic mass is 9.94. The van der Waals surface area contributed by atoms with Crippen LogP contribution in [-0.4, -0.2) is 39.5 Å². The fraction of sp³-hybridized carbons (Fsp3) is 0.280. The smallest absolute Gasteiger partial charge is 0.303 e. The number of amides is 2. The van der Waals surface area contributed by atoms with Crippen LogP contribution >= 0.6 is 34.5 Å². The van der Waals surface area contributed by atoms with E-state index in [9.17, 15) is 14.4 Å². The van der Waals surface area contributed by atoms with Crippen molar-refractivity contribution in [1.29, 1.82) is 0 Å². The Morgan fingerprint density at radius 2 is 1.77 bits per heavy atom. The van der Waals surface area contributed by atoms with Crippen molar-refractivity contribution in [3.8, 4) is 10.6 Å². The number of nitrogens with zero attached hydrogens (tertiary/aromatic N) is 1. The van der Waals surface area contributed by atoms with Crippen molar-refractivity contribution in [2.45, 2.75) is 44.7 Å². The molecule has 3 aromatic rings. The number of hydrogen-bond donors (Lipinski definition) is 3. The molecular formula is C25H25Cl2N3O4S. The number of carboxylic acid groups (broad SMARTS) is 1. The van der Waals surface area contributed by atoms with Gasteiger partial charge in [0.2, 0.25) is 5.91 Å². The average molecular weight is 534 g/mol. The van der Waals surface area contributed by atoms with Gasteiger partial charge in [0.05, 0.1) is 20.5 Å². The number of aromatic nitrogens is 1.